The SMILES string of the molecule is COC(=O)c1ccc(NC(=O)[C@H]2[C@H]3C=C[C@H]([C@H]4C[C@H]34)[C@@H]2C(=O)O)cc1. The highest BCUT2D eigenvalue weighted by Crippen LogP contribution is 2.63. The van der Waals surface area contributed by atoms with Crippen LogP contribution in [0.15, 0.2) is 36.4 Å². The molecule has 2 N–H and O–H groups in total. The lowest BCUT2D eigenvalue weighted by molar-refractivity contribution is -0.152. The van der Waals surface area contributed by atoms with Crippen LogP contribution in [-0.4, -0.2) is 30.1 Å². The molecule has 0 unspecified atom stereocenters. The number of carbonyl (C=O) groups excluding carboxylic acids is 2. The standard InChI is InChI=1S/C19H19NO5/c1-25-19(24)9-2-4-10(5-3-9)20-17(21)15-11-6-7-12(14-8-13(11)14)16(15)18(22)23/h2-7,11-16H,8H2,1H3,(H,20,21)(H,22,23)/t11-,12+,13+,14+,15-,16-/m0/s1. The van der Waals surface area contributed by atoms with Crippen LogP contribution in [-0.2, 0) is 14.3 Å². The van der Waals surface area contributed by atoms with E-state index in [0.717, 1.165) is 6.42 Å². The number of amides is 1. The van der Waals surface area contributed by atoms with Gasteiger partial charge in [-0.05, 0) is 54.4 Å². The van der Waals surface area contributed by atoms with Crippen molar-refractivity contribution in [2.75, 3.05) is 12.4 Å². The molecule has 25 heavy (non-hydrogen) atoms. The summed E-state index contributed by atoms with van der Waals surface area (Å²) in [5, 5.41) is 12.5. The number of carbonyl (C=O) groups is 3. The van der Waals surface area contributed by atoms with Crippen molar-refractivity contribution in [1.82, 2.24) is 0 Å². The first-order chi connectivity index (χ1) is 12.0. The van der Waals surface area contributed by atoms with Gasteiger partial charge in [0, 0.05) is 5.69 Å². The molecule has 2 fully saturated rings. The smallest absolute Gasteiger partial charge is 0.337 e. The third-order valence-corrected chi connectivity index (χ3v) is 5.81. The number of benzene rings is 1. The van der Waals surface area contributed by atoms with Crippen molar-refractivity contribution in [1.29, 1.82) is 0 Å². The molecule has 6 atom stereocenters. The number of rotatable bonds is 4. The van der Waals surface area contributed by atoms with Gasteiger partial charge >= 0.3 is 11.9 Å². The maximum absolute atomic E-state index is 12.8. The number of allylic oxidation sites excluding steroid dienone is 2. The average Bonchev–Trinajstić information content (AvgIpc) is 3.43. The third-order valence-electron chi connectivity index (χ3n) is 5.81. The minimum absolute atomic E-state index is 0.00504. The fraction of sp³-hybridized carbons (Fsp3) is 0.421. The van der Waals surface area contributed by atoms with Gasteiger partial charge in [0.1, 0.15) is 0 Å². The molecule has 1 amide bonds. The molecule has 0 heterocycles. The van der Waals surface area contributed by atoms with Gasteiger partial charge in [-0.25, -0.2) is 4.79 Å². The molecule has 5 rings (SSSR count). The number of aliphatic carboxylic acids is 1. The molecular formula is C19H19NO5. The van der Waals surface area contributed by atoms with E-state index in [0.29, 0.717) is 23.1 Å². The monoisotopic (exact) mass is 341 g/mol. The van der Waals surface area contributed by atoms with E-state index in [-0.39, 0.29) is 17.7 Å². The topological polar surface area (TPSA) is 92.7 Å². The molecule has 2 bridgehead atoms. The summed E-state index contributed by atoms with van der Waals surface area (Å²) >= 11 is 0. The Labute approximate surface area is 144 Å². The van der Waals surface area contributed by atoms with Crippen LogP contribution in [0.5, 0.6) is 0 Å². The van der Waals surface area contributed by atoms with Crippen molar-refractivity contribution < 1.29 is 24.2 Å². The summed E-state index contributed by atoms with van der Waals surface area (Å²) in [4.78, 5) is 36.0. The van der Waals surface area contributed by atoms with Crippen LogP contribution >= 0.6 is 0 Å². The van der Waals surface area contributed by atoms with Crippen molar-refractivity contribution >= 4 is 23.5 Å². The molecule has 6 nitrogen and oxygen atoms in total. The molecule has 4 aliphatic carbocycles. The number of hydrogen-bond acceptors (Lipinski definition) is 4. The number of methoxy groups -OCH3 is 1. The number of esters is 1. The summed E-state index contributed by atoms with van der Waals surface area (Å²) in [5.41, 5.74) is 0.934. The average molecular weight is 341 g/mol. The zero-order chi connectivity index (χ0) is 17.7. The third kappa shape index (κ3) is 2.52. The maximum Gasteiger partial charge on any atom is 0.337 e. The predicted octanol–water partition coefficient (Wildman–Crippen LogP) is 2.18. The summed E-state index contributed by atoms with van der Waals surface area (Å²) in [6.45, 7) is 0. The van der Waals surface area contributed by atoms with Gasteiger partial charge in [0.15, 0.2) is 0 Å². The highest BCUT2D eigenvalue weighted by molar-refractivity contribution is 5.97. The zero-order valence-electron chi connectivity index (χ0n) is 13.7. The van der Waals surface area contributed by atoms with Gasteiger partial charge in [0.05, 0.1) is 24.5 Å². The highest BCUT2D eigenvalue weighted by Gasteiger charge is 2.62. The lowest BCUT2D eigenvalue weighted by Crippen LogP contribution is -2.48. The molecule has 0 radical (unpaired) electrons. The number of anilines is 1. The number of carboxylic acids is 1. The number of carboxylic acid groups (broad SMARTS) is 1. The van der Waals surface area contributed by atoms with Crippen LogP contribution in [0.2, 0.25) is 0 Å². The Bertz CT molecular complexity index is 769. The molecule has 1 aromatic carbocycles. The molecule has 0 aliphatic heterocycles. The molecule has 1 aromatic rings. The van der Waals surface area contributed by atoms with Gasteiger partial charge < -0.3 is 15.2 Å². The van der Waals surface area contributed by atoms with Crippen molar-refractivity contribution in [3.63, 3.8) is 0 Å². The summed E-state index contributed by atoms with van der Waals surface area (Å²) in [6, 6.07) is 6.38. The second-order valence-corrected chi connectivity index (χ2v) is 7.05. The number of fused-ring (bicyclic) bond motifs is 1. The van der Waals surface area contributed by atoms with E-state index in [1.807, 2.05) is 12.2 Å². The first kappa shape index (κ1) is 15.9. The van der Waals surface area contributed by atoms with E-state index in [4.69, 9.17) is 0 Å². The van der Waals surface area contributed by atoms with Crippen molar-refractivity contribution in [3.05, 3.63) is 42.0 Å². The molecule has 130 valence electrons. The molecule has 2 saturated carbocycles. The van der Waals surface area contributed by atoms with Gasteiger partial charge in [0.2, 0.25) is 5.91 Å². The minimum Gasteiger partial charge on any atom is -0.481 e. The zero-order valence-corrected chi connectivity index (χ0v) is 13.7. The van der Waals surface area contributed by atoms with Crippen LogP contribution < -0.4 is 5.32 Å². The van der Waals surface area contributed by atoms with Gasteiger partial charge in [-0.2, -0.15) is 0 Å². The van der Waals surface area contributed by atoms with E-state index in [1.165, 1.54) is 7.11 Å². The Morgan fingerprint density at radius 2 is 1.64 bits per heavy atom. The first-order valence-electron chi connectivity index (χ1n) is 8.41. The van der Waals surface area contributed by atoms with E-state index in [2.05, 4.69) is 10.1 Å². The van der Waals surface area contributed by atoms with Crippen LogP contribution in [0.1, 0.15) is 16.8 Å². The minimum atomic E-state index is -0.897. The van der Waals surface area contributed by atoms with Crippen LogP contribution in [0.4, 0.5) is 5.69 Å². The van der Waals surface area contributed by atoms with Crippen LogP contribution in [0, 0.1) is 35.5 Å². The van der Waals surface area contributed by atoms with Gasteiger partial charge in [-0.1, -0.05) is 12.2 Å². The maximum atomic E-state index is 12.8. The lowest BCUT2D eigenvalue weighted by atomic mass is 9.62. The Balaban J connectivity index is 1.53. The summed E-state index contributed by atoms with van der Waals surface area (Å²) in [6.07, 6.45) is 5.04. The number of nitrogens with one attached hydrogen (secondary N) is 1. The number of ether oxygens (including phenoxy) is 1. The normalized spacial score (nSPS) is 34.1. The molecule has 6 heteroatoms. The van der Waals surface area contributed by atoms with Gasteiger partial charge in [0.25, 0.3) is 0 Å². The Kier molecular flexibility index (Phi) is 3.63. The Hall–Kier alpha value is -2.63. The second-order valence-electron chi connectivity index (χ2n) is 7.05. The van der Waals surface area contributed by atoms with Gasteiger partial charge in [-0.15, -0.1) is 0 Å². The molecule has 0 saturated heterocycles. The van der Waals surface area contributed by atoms with E-state index in [9.17, 15) is 19.5 Å². The van der Waals surface area contributed by atoms with Gasteiger partial charge in [-0.3, -0.25) is 9.59 Å². The van der Waals surface area contributed by atoms with Crippen molar-refractivity contribution in [2.24, 2.45) is 35.5 Å². The molecule has 0 aromatic heterocycles. The largest absolute Gasteiger partial charge is 0.481 e. The van der Waals surface area contributed by atoms with Crippen LogP contribution in [0.3, 0.4) is 0 Å². The second kappa shape index (κ2) is 5.72. The number of hydrogen-bond donors (Lipinski definition) is 2. The molecule has 4 aliphatic rings. The Morgan fingerprint density at radius 3 is 2.20 bits per heavy atom. The summed E-state index contributed by atoms with van der Waals surface area (Å²) < 4.78 is 4.64. The fourth-order valence-corrected chi connectivity index (χ4v) is 4.60. The summed E-state index contributed by atoms with van der Waals surface area (Å²) in [5.74, 6) is -1.96. The summed E-state index contributed by atoms with van der Waals surface area (Å²) in [7, 11) is 1.31. The quantitative estimate of drug-likeness (QED) is 0.647. The van der Waals surface area contributed by atoms with Crippen molar-refractivity contribution in [2.45, 2.75) is 6.42 Å². The molecule has 0 spiro atoms. The van der Waals surface area contributed by atoms with Crippen LogP contribution in [0.25, 0.3) is 0 Å². The lowest BCUT2D eigenvalue weighted by Gasteiger charge is -2.41. The molecular weight excluding hydrogens is 322 g/mol. The first-order valence-corrected chi connectivity index (χ1v) is 8.41. The fourth-order valence-electron chi connectivity index (χ4n) is 4.60. The van der Waals surface area contributed by atoms with E-state index in [1.54, 1.807) is 24.3 Å². The predicted molar refractivity (Wildman–Crippen MR) is 88.7 cm³/mol. The van der Waals surface area contributed by atoms with E-state index >= 15 is 0 Å². The highest BCUT2D eigenvalue weighted by atomic mass is 16.5. The van der Waals surface area contributed by atoms with Crippen molar-refractivity contribution in [3.8, 4) is 0 Å². The van der Waals surface area contributed by atoms with E-state index < -0.39 is 23.8 Å². The Morgan fingerprint density at radius 1 is 1.04 bits per heavy atom.